The lowest BCUT2D eigenvalue weighted by Crippen LogP contribution is -2.46. The molecule has 1 aliphatic heterocycles. The molecule has 128 valence electrons. The van der Waals surface area contributed by atoms with Crippen LogP contribution in [0.3, 0.4) is 0 Å². The second-order valence-electron chi connectivity index (χ2n) is 6.02. The van der Waals surface area contributed by atoms with E-state index in [0.29, 0.717) is 6.42 Å². The van der Waals surface area contributed by atoms with Crippen LogP contribution < -0.4 is 10.2 Å². The van der Waals surface area contributed by atoms with Crippen molar-refractivity contribution in [1.29, 1.82) is 0 Å². The van der Waals surface area contributed by atoms with Gasteiger partial charge >= 0.3 is 0 Å². The highest BCUT2D eigenvalue weighted by Gasteiger charge is 2.19. The Kier molecular flexibility index (Phi) is 5.48. The van der Waals surface area contributed by atoms with Gasteiger partial charge in [0.2, 0.25) is 5.91 Å². The van der Waals surface area contributed by atoms with Gasteiger partial charge in [0.1, 0.15) is 0 Å². The van der Waals surface area contributed by atoms with Gasteiger partial charge in [0.05, 0.1) is 28.5 Å². The Morgan fingerprint density at radius 1 is 1.25 bits per heavy atom. The van der Waals surface area contributed by atoms with E-state index in [1.807, 2.05) is 30.5 Å². The van der Waals surface area contributed by atoms with Crippen molar-refractivity contribution in [3.05, 3.63) is 40.3 Å². The molecule has 6 heteroatoms. The number of nitrogens with one attached hydrogen (secondary N) is 1. The van der Waals surface area contributed by atoms with E-state index in [2.05, 4.69) is 33.1 Å². The summed E-state index contributed by atoms with van der Waals surface area (Å²) < 4.78 is 0. The Morgan fingerprint density at radius 3 is 2.67 bits per heavy atom. The minimum absolute atomic E-state index is 0.0139. The quantitative estimate of drug-likeness (QED) is 0.906. The summed E-state index contributed by atoms with van der Waals surface area (Å²) in [5.74, 6) is -0.0139. The fourth-order valence-corrected chi connectivity index (χ4v) is 3.62. The van der Waals surface area contributed by atoms with E-state index in [9.17, 15) is 4.79 Å². The van der Waals surface area contributed by atoms with Crippen LogP contribution in [0.5, 0.6) is 0 Å². The van der Waals surface area contributed by atoms with Crippen LogP contribution in [0, 0.1) is 6.92 Å². The first kappa shape index (κ1) is 16.9. The highest BCUT2D eigenvalue weighted by molar-refractivity contribution is 7.09. The number of nitrogens with zero attached hydrogens (tertiary/aromatic N) is 3. The van der Waals surface area contributed by atoms with Gasteiger partial charge in [-0.25, -0.2) is 4.98 Å². The van der Waals surface area contributed by atoms with Gasteiger partial charge < -0.3 is 15.1 Å². The molecule has 2 heterocycles. The summed E-state index contributed by atoms with van der Waals surface area (Å²) in [5.41, 5.74) is 2.83. The average molecular weight is 344 g/mol. The van der Waals surface area contributed by atoms with Crippen LogP contribution in [0.4, 0.5) is 11.4 Å². The maximum Gasteiger partial charge on any atom is 0.230 e. The number of piperazine rings is 1. The van der Waals surface area contributed by atoms with Gasteiger partial charge in [0.15, 0.2) is 0 Å². The fraction of sp³-hybridized carbons (Fsp3) is 0.444. The minimum Gasteiger partial charge on any atom is -0.367 e. The summed E-state index contributed by atoms with van der Waals surface area (Å²) >= 11 is 1.58. The molecule has 2 aromatic rings. The van der Waals surface area contributed by atoms with Crippen molar-refractivity contribution in [1.82, 2.24) is 9.88 Å². The monoisotopic (exact) mass is 344 g/mol. The molecular weight excluding hydrogens is 320 g/mol. The van der Waals surface area contributed by atoms with Crippen LogP contribution in [-0.4, -0.2) is 48.5 Å². The number of rotatable bonds is 5. The maximum absolute atomic E-state index is 12.4. The van der Waals surface area contributed by atoms with E-state index in [-0.39, 0.29) is 5.91 Å². The van der Waals surface area contributed by atoms with E-state index in [4.69, 9.17) is 0 Å². The average Bonchev–Trinajstić information content (AvgIpc) is 3.00. The molecule has 1 amide bonds. The van der Waals surface area contributed by atoms with Crippen molar-refractivity contribution >= 4 is 28.6 Å². The second-order valence-corrected chi connectivity index (χ2v) is 7.08. The lowest BCUT2D eigenvalue weighted by atomic mass is 10.2. The van der Waals surface area contributed by atoms with E-state index >= 15 is 0 Å². The second kappa shape index (κ2) is 7.77. The Hall–Kier alpha value is -1.92. The highest BCUT2D eigenvalue weighted by atomic mass is 32.1. The van der Waals surface area contributed by atoms with Crippen LogP contribution in [0.15, 0.2) is 29.6 Å². The van der Waals surface area contributed by atoms with Crippen molar-refractivity contribution in [3.63, 3.8) is 0 Å². The largest absolute Gasteiger partial charge is 0.367 e. The number of para-hydroxylation sites is 2. The molecule has 1 aromatic carbocycles. The molecule has 1 aliphatic rings. The predicted octanol–water partition coefficient (Wildman–Crippen LogP) is 2.77. The molecule has 3 rings (SSSR count). The van der Waals surface area contributed by atoms with Crippen molar-refractivity contribution in [3.8, 4) is 0 Å². The molecule has 0 atom stereocenters. The van der Waals surface area contributed by atoms with Gasteiger partial charge in [-0.1, -0.05) is 19.1 Å². The summed E-state index contributed by atoms with van der Waals surface area (Å²) in [6.07, 6.45) is 0.322. The van der Waals surface area contributed by atoms with Gasteiger partial charge in [-0.05, 0) is 25.6 Å². The molecule has 0 aliphatic carbocycles. The molecule has 0 unspecified atom stereocenters. The number of amides is 1. The first-order valence-corrected chi connectivity index (χ1v) is 9.31. The lowest BCUT2D eigenvalue weighted by Gasteiger charge is -2.36. The van der Waals surface area contributed by atoms with Crippen molar-refractivity contribution in [2.45, 2.75) is 20.3 Å². The first-order valence-electron chi connectivity index (χ1n) is 8.43. The number of benzene rings is 1. The number of aryl methyl sites for hydroxylation is 1. The van der Waals surface area contributed by atoms with Crippen LogP contribution in [0.25, 0.3) is 0 Å². The van der Waals surface area contributed by atoms with Gasteiger partial charge in [0.25, 0.3) is 0 Å². The maximum atomic E-state index is 12.4. The Morgan fingerprint density at radius 2 is 2.00 bits per heavy atom. The molecular formula is C18H24N4OS. The number of carbonyl (C=O) groups is 1. The number of aromatic nitrogens is 1. The SMILES string of the molecule is CCN1CCN(c2ccccc2NC(=O)Cc2csc(C)n2)CC1. The topological polar surface area (TPSA) is 48.5 Å². The summed E-state index contributed by atoms with van der Waals surface area (Å²) in [6.45, 7) is 9.37. The third kappa shape index (κ3) is 4.13. The molecule has 1 fully saturated rings. The molecule has 0 saturated carbocycles. The van der Waals surface area contributed by atoms with Gasteiger partial charge in [0, 0.05) is 31.6 Å². The number of hydrogen-bond donors (Lipinski definition) is 1. The van der Waals surface area contributed by atoms with Crippen LogP contribution >= 0.6 is 11.3 Å². The molecule has 1 N–H and O–H groups in total. The van der Waals surface area contributed by atoms with Crippen LogP contribution in [0.2, 0.25) is 0 Å². The van der Waals surface area contributed by atoms with Crippen molar-refractivity contribution < 1.29 is 4.79 Å². The summed E-state index contributed by atoms with van der Waals surface area (Å²) in [7, 11) is 0. The summed E-state index contributed by atoms with van der Waals surface area (Å²) in [4.78, 5) is 21.5. The number of carbonyl (C=O) groups excluding carboxylic acids is 1. The molecule has 1 saturated heterocycles. The lowest BCUT2D eigenvalue weighted by molar-refractivity contribution is -0.115. The summed E-state index contributed by atoms with van der Waals surface area (Å²) in [5, 5.41) is 6.00. The normalized spacial score (nSPS) is 15.5. The van der Waals surface area contributed by atoms with E-state index in [0.717, 1.165) is 54.8 Å². The third-order valence-corrected chi connectivity index (χ3v) is 5.17. The van der Waals surface area contributed by atoms with Crippen LogP contribution in [-0.2, 0) is 11.2 Å². The molecule has 5 nitrogen and oxygen atoms in total. The number of thiazole rings is 1. The zero-order valence-corrected chi connectivity index (χ0v) is 15.1. The zero-order valence-electron chi connectivity index (χ0n) is 14.3. The Balaban J connectivity index is 1.66. The number of anilines is 2. The summed E-state index contributed by atoms with van der Waals surface area (Å²) in [6, 6.07) is 8.06. The van der Waals surface area contributed by atoms with Gasteiger partial charge in [-0.15, -0.1) is 11.3 Å². The number of likely N-dealkylation sites (N-methyl/N-ethyl adjacent to an activating group) is 1. The minimum atomic E-state index is -0.0139. The third-order valence-electron chi connectivity index (χ3n) is 4.35. The molecule has 0 bridgehead atoms. The Labute approximate surface area is 147 Å². The molecule has 0 spiro atoms. The standard InChI is InChI=1S/C18H24N4OS/c1-3-21-8-10-22(11-9-21)17-7-5-4-6-16(17)20-18(23)12-15-13-24-14(2)19-15/h4-7,13H,3,8-12H2,1-2H3,(H,20,23). The van der Waals surface area contributed by atoms with Crippen LogP contribution in [0.1, 0.15) is 17.6 Å². The predicted molar refractivity (Wildman–Crippen MR) is 100.0 cm³/mol. The van der Waals surface area contributed by atoms with E-state index in [1.165, 1.54) is 0 Å². The number of hydrogen-bond acceptors (Lipinski definition) is 5. The highest BCUT2D eigenvalue weighted by Crippen LogP contribution is 2.26. The van der Waals surface area contributed by atoms with Crippen molar-refractivity contribution in [2.24, 2.45) is 0 Å². The fourth-order valence-electron chi connectivity index (χ4n) is 3.01. The van der Waals surface area contributed by atoms with E-state index in [1.54, 1.807) is 11.3 Å². The molecule has 1 aromatic heterocycles. The van der Waals surface area contributed by atoms with Crippen molar-refractivity contribution in [2.75, 3.05) is 42.9 Å². The van der Waals surface area contributed by atoms with Gasteiger partial charge in [-0.2, -0.15) is 0 Å². The smallest absolute Gasteiger partial charge is 0.230 e. The molecule has 24 heavy (non-hydrogen) atoms. The van der Waals surface area contributed by atoms with Gasteiger partial charge in [-0.3, -0.25) is 4.79 Å². The zero-order chi connectivity index (χ0) is 16.9. The van der Waals surface area contributed by atoms with E-state index < -0.39 is 0 Å². The molecule has 0 radical (unpaired) electrons. The first-order chi connectivity index (χ1) is 11.7. The Bertz CT molecular complexity index is 692.